The Morgan fingerprint density at radius 3 is 2.39 bits per heavy atom. The smallest absolute Gasteiger partial charge is 0.254 e. The quantitative estimate of drug-likeness (QED) is 0.687. The van der Waals surface area contributed by atoms with Crippen LogP contribution in [0.3, 0.4) is 0 Å². The van der Waals surface area contributed by atoms with Crippen LogP contribution in [-0.4, -0.2) is 47.8 Å². The monoisotopic (exact) mass is 419 g/mol. The highest BCUT2D eigenvalue weighted by Gasteiger charge is 2.22. The highest BCUT2D eigenvalue weighted by Crippen LogP contribution is 2.23. The van der Waals surface area contributed by atoms with E-state index in [9.17, 15) is 14.0 Å². The first-order chi connectivity index (χ1) is 15.0. The number of anilines is 1. The number of nitrogens with zero attached hydrogens (tertiary/aromatic N) is 2. The van der Waals surface area contributed by atoms with Gasteiger partial charge in [0.1, 0.15) is 5.82 Å². The molecule has 160 valence electrons. The Morgan fingerprint density at radius 1 is 0.903 bits per heavy atom. The zero-order valence-corrected chi connectivity index (χ0v) is 17.6. The van der Waals surface area contributed by atoms with E-state index in [0.29, 0.717) is 29.4 Å². The van der Waals surface area contributed by atoms with E-state index in [2.05, 4.69) is 10.2 Å². The average Bonchev–Trinajstić information content (AvgIpc) is 3.00. The third-order valence-corrected chi connectivity index (χ3v) is 5.66. The third kappa shape index (κ3) is 4.91. The van der Waals surface area contributed by atoms with Gasteiger partial charge in [0.15, 0.2) is 0 Å². The van der Waals surface area contributed by atoms with Gasteiger partial charge in [0.05, 0.1) is 0 Å². The number of carbonyl (C=O) groups excluding carboxylic acids is 2. The number of fused-ring (bicyclic) bond motifs is 1. The fourth-order valence-corrected chi connectivity index (χ4v) is 4.11. The highest BCUT2D eigenvalue weighted by molar-refractivity contribution is 6.07. The van der Waals surface area contributed by atoms with Crippen molar-refractivity contribution in [2.24, 2.45) is 0 Å². The van der Waals surface area contributed by atoms with E-state index in [1.165, 1.54) is 18.6 Å². The molecule has 0 unspecified atom stereocenters. The number of carbonyl (C=O) groups is 2. The minimum Gasteiger partial charge on any atom is -0.337 e. The Balaban J connectivity index is 1.42. The summed E-state index contributed by atoms with van der Waals surface area (Å²) >= 11 is 0. The fraction of sp³-hybridized carbons (Fsp3) is 0.280. The summed E-state index contributed by atoms with van der Waals surface area (Å²) in [6, 6.07) is 18.0. The topological polar surface area (TPSA) is 52.7 Å². The van der Waals surface area contributed by atoms with Crippen LogP contribution in [-0.2, 0) is 11.3 Å². The van der Waals surface area contributed by atoms with Gasteiger partial charge in [0, 0.05) is 56.3 Å². The molecule has 0 saturated carbocycles. The number of hydrogen-bond donors (Lipinski definition) is 1. The maximum Gasteiger partial charge on any atom is 0.254 e. The summed E-state index contributed by atoms with van der Waals surface area (Å²) in [5.74, 6) is -0.435. The second kappa shape index (κ2) is 9.27. The first kappa shape index (κ1) is 21.0. The number of amides is 2. The SMILES string of the molecule is CC(=O)Nc1ccc(CN2CCCN(C(=O)c3ccc(F)c4ccccc34)CC2)cc1. The van der Waals surface area contributed by atoms with Crippen molar-refractivity contribution in [1.82, 2.24) is 9.80 Å². The van der Waals surface area contributed by atoms with Crippen LogP contribution in [0.1, 0.15) is 29.3 Å². The van der Waals surface area contributed by atoms with Crippen molar-refractivity contribution in [3.63, 3.8) is 0 Å². The Kier molecular flexibility index (Phi) is 6.28. The minimum absolute atomic E-state index is 0.0438. The molecule has 3 aromatic carbocycles. The fourth-order valence-electron chi connectivity index (χ4n) is 4.11. The maximum absolute atomic E-state index is 14.1. The largest absolute Gasteiger partial charge is 0.337 e. The van der Waals surface area contributed by atoms with Crippen molar-refractivity contribution in [1.29, 1.82) is 0 Å². The van der Waals surface area contributed by atoms with Gasteiger partial charge < -0.3 is 10.2 Å². The lowest BCUT2D eigenvalue weighted by atomic mass is 10.0. The van der Waals surface area contributed by atoms with Crippen molar-refractivity contribution in [3.8, 4) is 0 Å². The molecular weight excluding hydrogens is 393 g/mol. The molecule has 1 heterocycles. The predicted octanol–water partition coefficient (Wildman–Crippen LogP) is 4.29. The number of halogens is 1. The molecule has 5 nitrogen and oxygen atoms in total. The summed E-state index contributed by atoms with van der Waals surface area (Å²) in [4.78, 5) is 28.6. The molecule has 4 rings (SSSR count). The number of hydrogen-bond acceptors (Lipinski definition) is 3. The Hall–Kier alpha value is -3.25. The van der Waals surface area contributed by atoms with E-state index in [4.69, 9.17) is 0 Å². The molecule has 1 aliphatic heterocycles. The van der Waals surface area contributed by atoms with Crippen molar-refractivity contribution < 1.29 is 14.0 Å². The molecule has 1 saturated heterocycles. The van der Waals surface area contributed by atoms with Gasteiger partial charge in [-0.25, -0.2) is 4.39 Å². The van der Waals surface area contributed by atoms with Crippen LogP contribution < -0.4 is 5.32 Å². The zero-order chi connectivity index (χ0) is 21.8. The second-order valence-electron chi connectivity index (χ2n) is 7.94. The van der Waals surface area contributed by atoms with Gasteiger partial charge in [-0.3, -0.25) is 14.5 Å². The Labute approximate surface area is 181 Å². The molecule has 0 aromatic heterocycles. The van der Waals surface area contributed by atoms with Gasteiger partial charge in [-0.15, -0.1) is 0 Å². The molecule has 2 amide bonds. The maximum atomic E-state index is 14.1. The molecule has 0 atom stereocenters. The predicted molar refractivity (Wildman–Crippen MR) is 120 cm³/mol. The van der Waals surface area contributed by atoms with Gasteiger partial charge >= 0.3 is 0 Å². The van der Waals surface area contributed by atoms with Crippen molar-refractivity contribution in [3.05, 3.63) is 77.6 Å². The first-order valence-electron chi connectivity index (χ1n) is 10.6. The van der Waals surface area contributed by atoms with Gasteiger partial charge in [0.25, 0.3) is 5.91 Å². The van der Waals surface area contributed by atoms with E-state index in [-0.39, 0.29) is 17.6 Å². The normalized spacial score (nSPS) is 15.0. The lowest BCUT2D eigenvalue weighted by Crippen LogP contribution is -2.35. The van der Waals surface area contributed by atoms with Gasteiger partial charge in [0.2, 0.25) is 5.91 Å². The molecule has 6 heteroatoms. The minimum atomic E-state index is -0.307. The first-order valence-corrected chi connectivity index (χ1v) is 10.6. The molecule has 0 bridgehead atoms. The second-order valence-corrected chi connectivity index (χ2v) is 7.94. The molecule has 0 aliphatic carbocycles. The van der Waals surface area contributed by atoms with E-state index in [0.717, 1.165) is 31.7 Å². The molecule has 1 N–H and O–H groups in total. The zero-order valence-electron chi connectivity index (χ0n) is 17.6. The standard InChI is InChI=1S/C25H26FN3O2/c1-18(30)27-20-9-7-19(8-10-20)17-28-13-4-14-29(16-15-28)25(31)23-11-12-24(26)22-6-3-2-5-21(22)23/h2-3,5-12H,4,13-17H2,1H3,(H,27,30). The summed E-state index contributed by atoms with van der Waals surface area (Å²) in [7, 11) is 0. The summed E-state index contributed by atoms with van der Waals surface area (Å²) in [6.45, 7) is 5.28. The Morgan fingerprint density at radius 2 is 1.65 bits per heavy atom. The lowest BCUT2D eigenvalue weighted by molar-refractivity contribution is -0.114. The van der Waals surface area contributed by atoms with Crippen LogP contribution in [0.15, 0.2) is 60.7 Å². The Bertz CT molecular complexity index is 1100. The highest BCUT2D eigenvalue weighted by atomic mass is 19.1. The summed E-state index contributed by atoms with van der Waals surface area (Å²) in [5.41, 5.74) is 2.51. The summed E-state index contributed by atoms with van der Waals surface area (Å²) in [5, 5.41) is 3.91. The lowest BCUT2D eigenvalue weighted by Gasteiger charge is -2.23. The van der Waals surface area contributed by atoms with Crippen molar-refractivity contribution in [2.45, 2.75) is 19.9 Å². The van der Waals surface area contributed by atoms with Gasteiger partial charge in [-0.1, -0.05) is 36.4 Å². The van der Waals surface area contributed by atoms with Crippen molar-refractivity contribution >= 4 is 28.3 Å². The molecule has 1 fully saturated rings. The van der Waals surface area contributed by atoms with E-state index in [1.54, 1.807) is 24.3 Å². The summed E-state index contributed by atoms with van der Waals surface area (Å²) < 4.78 is 14.1. The van der Waals surface area contributed by atoms with Crippen LogP contribution in [0.25, 0.3) is 10.8 Å². The number of rotatable bonds is 4. The van der Waals surface area contributed by atoms with Crippen LogP contribution in [0.5, 0.6) is 0 Å². The molecule has 0 spiro atoms. The van der Waals surface area contributed by atoms with E-state index < -0.39 is 0 Å². The molecular formula is C25H26FN3O2. The molecule has 1 aliphatic rings. The molecule has 3 aromatic rings. The third-order valence-electron chi connectivity index (χ3n) is 5.66. The van der Waals surface area contributed by atoms with Crippen LogP contribution in [0.4, 0.5) is 10.1 Å². The van der Waals surface area contributed by atoms with Crippen LogP contribution in [0.2, 0.25) is 0 Å². The van der Waals surface area contributed by atoms with Crippen LogP contribution in [0, 0.1) is 5.82 Å². The summed E-state index contributed by atoms with van der Waals surface area (Å²) in [6.07, 6.45) is 0.884. The number of nitrogens with one attached hydrogen (secondary N) is 1. The molecule has 0 radical (unpaired) electrons. The molecule has 31 heavy (non-hydrogen) atoms. The van der Waals surface area contributed by atoms with Crippen LogP contribution >= 0.6 is 0 Å². The average molecular weight is 420 g/mol. The van der Waals surface area contributed by atoms with E-state index in [1.807, 2.05) is 35.2 Å². The van der Waals surface area contributed by atoms with E-state index >= 15 is 0 Å². The number of benzene rings is 3. The van der Waals surface area contributed by atoms with Crippen molar-refractivity contribution in [2.75, 3.05) is 31.5 Å². The van der Waals surface area contributed by atoms with Gasteiger partial charge in [-0.2, -0.15) is 0 Å². The van der Waals surface area contributed by atoms with Gasteiger partial charge in [-0.05, 0) is 41.6 Å².